The largest absolute Gasteiger partial charge is 0.490 e. The highest BCUT2D eigenvalue weighted by Gasteiger charge is 2.21. The minimum absolute atomic E-state index is 0.00997. The van der Waals surface area contributed by atoms with Crippen LogP contribution >= 0.6 is 0 Å². The molecule has 0 aromatic heterocycles. The van der Waals surface area contributed by atoms with Gasteiger partial charge in [0.2, 0.25) is 0 Å². The van der Waals surface area contributed by atoms with Crippen molar-refractivity contribution in [1.82, 2.24) is 0 Å². The normalized spacial score (nSPS) is 10.7. The zero-order chi connectivity index (χ0) is 26.3. The van der Waals surface area contributed by atoms with Crippen molar-refractivity contribution >= 4 is 33.0 Å². The number of sulfonamides is 1. The number of nitrogens with one attached hydrogen (secondary N) is 2. The van der Waals surface area contributed by atoms with E-state index in [1.165, 1.54) is 54.6 Å². The number of nitrogens with zero attached hydrogens (tertiary/aromatic N) is 2. The zero-order valence-corrected chi connectivity index (χ0v) is 20.2. The van der Waals surface area contributed by atoms with Crippen molar-refractivity contribution in [3.63, 3.8) is 0 Å². The summed E-state index contributed by atoms with van der Waals surface area (Å²) in [5.74, 6) is -0.181. The van der Waals surface area contributed by atoms with Crippen molar-refractivity contribution in [3.05, 3.63) is 81.9 Å². The number of hydrogen-bond donors (Lipinski definition) is 2. The van der Waals surface area contributed by atoms with Crippen LogP contribution in [0.1, 0.15) is 29.8 Å². The number of hydrogen-bond acceptors (Lipinski definition) is 8. The molecule has 0 saturated carbocycles. The molecule has 0 heterocycles. The molecule has 0 radical (unpaired) electrons. The van der Waals surface area contributed by atoms with Crippen LogP contribution in [0, 0.1) is 21.4 Å². The van der Waals surface area contributed by atoms with Gasteiger partial charge in [0, 0.05) is 23.8 Å². The van der Waals surface area contributed by atoms with Crippen molar-refractivity contribution in [2.75, 3.05) is 23.3 Å². The predicted octanol–water partition coefficient (Wildman–Crippen LogP) is 4.32. The lowest BCUT2D eigenvalue weighted by molar-refractivity contribution is -0.383. The van der Waals surface area contributed by atoms with Gasteiger partial charge in [0.05, 0.1) is 34.3 Å². The van der Waals surface area contributed by atoms with Crippen molar-refractivity contribution in [1.29, 1.82) is 5.26 Å². The number of carbonyl (C=O) groups excluding carboxylic acids is 1. The van der Waals surface area contributed by atoms with Crippen LogP contribution in [0.3, 0.4) is 0 Å². The first-order chi connectivity index (χ1) is 17.2. The molecule has 0 saturated heterocycles. The van der Waals surface area contributed by atoms with E-state index < -0.39 is 20.9 Å². The van der Waals surface area contributed by atoms with Crippen LogP contribution in [0.15, 0.2) is 65.6 Å². The SMILES string of the molecule is CCOc1cc(C#N)c(NS(=O)(=O)c2cccc(C(=O)Nc3ccccc3[N+](=O)[O-])c2)cc1OCC. The summed E-state index contributed by atoms with van der Waals surface area (Å²) in [4.78, 5) is 23.0. The van der Waals surface area contributed by atoms with Gasteiger partial charge in [0.1, 0.15) is 11.8 Å². The first-order valence-corrected chi connectivity index (χ1v) is 12.2. The van der Waals surface area contributed by atoms with Crippen molar-refractivity contribution in [2.45, 2.75) is 18.7 Å². The van der Waals surface area contributed by atoms with Crippen molar-refractivity contribution in [2.24, 2.45) is 0 Å². The molecule has 0 spiro atoms. The Morgan fingerprint density at radius 1 is 1.00 bits per heavy atom. The van der Waals surface area contributed by atoms with Gasteiger partial charge in [0.15, 0.2) is 11.5 Å². The molecule has 186 valence electrons. The number of amides is 1. The Bertz CT molecular complexity index is 1450. The fraction of sp³-hybridized carbons (Fsp3) is 0.167. The van der Waals surface area contributed by atoms with E-state index in [0.29, 0.717) is 12.4 Å². The minimum Gasteiger partial charge on any atom is -0.490 e. The molecule has 11 nitrogen and oxygen atoms in total. The Balaban J connectivity index is 1.92. The molecular formula is C24H22N4O7S. The molecule has 0 atom stereocenters. The van der Waals surface area contributed by atoms with Gasteiger partial charge in [-0.05, 0) is 38.1 Å². The summed E-state index contributed by atoms with van der Waals surface area (Å²) in [6.07, 6.45) is 0. The van der Waals surface area contributed by atoms with Gasteiger partial charge >= 0.3 is 0 Å². The molecule has 0 aliphatic heterocycles. The van der Waals surface area contributed by atoms with Gasteiger partial charge in [-0.1, -0.05) is 18.2 Å². The van der Waals surface area contributed by atoms with Gasteiger partial charge in [-0.3, -0.25) is 19.6 Å². The summed E-state index contributed by atoms with van der Waals surface area (Å²) >= 11 is 0. The monoisotopic (exact) mass is 510 g/mol. The number of nitriles is 1. The van der Waals surface area contributed by atoms with E-state index in [1.807, 2.05) is 6.07 Å². The number of para-hydroxylation sites is 2. The molecule has 1 amide bonds. The average molecular weight is 511 g/mol. The van der Waals surface area contributed by atoms with Crippen LogP contribution in [0.2, 0.25) is 0 Å². The zero-order valence-electron chi connectivity index (χ0n) is 19.3. The van der Waals surface area contributed by atoms with Crippen LogP contribution in [-0.4, -0.2) is 32.5 Å². The highest BCUT2D eigenvalue weighted by Crippen LogP contribution is 2.35. The third-order valence-electron chi connectivity index (χ3n) is 4.80. The number of benzene rings is 3. The van der Waals surface area contributed by atoms with Crippen LogP contribution < -0.4 is 19.5 Å². The van der Waals surface area contributed by atoms with Crippen LogP contribution in [0.5, 0.6) is 11.5 Å². The van der Waals surface area contributed by atoms with Gasteiger partial charge in [0.25, 0.3) is 21.6 Å². The van der Waals surface area contributed by atoms with Crippen molar-refractivity contribution < 1.29 is 27.6 Å². The summed E-state index contributed by atoms with van der Waals surface area (Å²) in [5, 5.41) is 23.2. The number of carbonyl (C=O) groups is 1. The number of anilines is 2. The standard InChI is InChI=1S/C24H22N4O7S/c1-3-34-22-13-17(15-25)20(14-23(22)35-4-2)27-36(32,33)18-9-7-8-16(12-18)24(29)26-19-10-5-6-11-21(19)28(30)31/h5-14,27H,3-4H2,1-2H3,(H,26,29). The number of nitro groups is 1. The fourth-order valence-corrected chi connectivity index (χ4v) is 4.33. The maximum atomic E-state index is 13.1. The van der Waals surface area contributed by atoms with Gasteiger partial charge in [-0.2, -0.15) is 5.26 Å². The van der Waals surface area contributed by atoms with Gasteiger partial charge < -0.3 is 14.8 Å². The molecule has 3 rings (SSSR count). The molecular weight excluding hydrogens is 488 g/mol. The minimum atomic E-state index is -4.24. The maximum absolute atomic E-state index is 13.1. The number of ether oxygens (including phenoxy) is 2. The van der Waals surface area contributed by atoms with E-state index in [0.717, 1.165) is 6.07 Å². The Morgan fingerprint density at radius 2 is 1.67 bits per heavy atom. The molecule has 0 aliphatic carbocycles. The lowest BCUT2D eigenvalue weighted by Crippen LogP contribution is -2.17. The first kappa shape index (κ1) is 26.0. The molecule has 0 bridgehead atoms. The van der Waals surface area contributed by atoms with E-state index in [-0.39, 0.29) is 45.4 Å². The first-order valence-electron chi connectivity index (χ1n) is 10.7. The van der Waals surface area contributed by atoms with Crippen molar-refractivity contribution in [3.8, 4) is 17.6 Å². The Hall–Kier alpha value is -4.63. The molecule has 0 aliphatic rings. The Labute approximate surface area is 207 Å². The molecule has 36 heavy (non-hydrogen) atoms. The maximum Gasteiger partial charge on any atom is 0.292 e. The summed E-state index contributed by atoms with van der Waals surface area (Å²) in [6.45, 7) is 4.11. The summed E-state index contributed by atoms with van der Waals surface area (Å²) in [7, 11) is -4.24. The summed E-state index contributed by atoms with van der Waals surface area (Å²) in [5.41, 5.74) is -0.399. The van der Waals surface area contributed by atoms with E-state index in [2.05, 4.69) is 10.0 Å². The molecule has 3 aromatic carbocycles. The second kappa shape index (κ2) is 11.2. The van der Waals surface area contributed by atoms with Crippen LogP contribution in [0.25, 0.3) is 0 Å². The highest BCUT2D eigenvalue weighted by molar-refractivity contribution is 7.92. The number of nitro benzene ring substituents is 1. The van der Waals surface area contributed by atoms with Gasteiger partial charge in [-0.15, -0.1) is 0 Å². The third kappa shape index (κ3) is 5.89. The lowest BCUT2D eigenvalue weighted by Gasteiger charge is -2.15. The molecule has 12 heteroatoms. The van der Waals surface area contributed by atoms with E-state index in [4.69, 9.17) is 9.47 Å². The lowest BCUT2D eigenvalue weighted by atomic mass is 10.2. The molecule has 0 unspecified atom stereocenters. The molecule has 2 N–H and O–H groups in total. The topological polar surface area (TPSA) is 161 Å². The molecule has 3 aromatic rings. The van der Waals surface area contributed by atoms with Crippen LogP contribution in [0.4, 0.5) is 17.1 Å². The Morgan fingerprint density at radius 3 is 2.31 bits per heavy atom. The second-order valence-corrected chi connectivity index (χ2v) is 8.87. The quantitative estimate of drug-likeness (QED) is 0.301. The van der Waals surface area contributed by atoms with Crippen LogP contribution in [-0.2, 0) is 10.0 Å². The fourth-order valence-electron chi connectivity index (χ4n) is 3.21. The summed E-state index contributed by atoms with van der Waals surface area (Å²) in [6, 6.07) is 15.4. The number of rotatable bonds is 10. The molecule has 0 fully saturated rings. The average Bonchev–Trinajstić information content (AvgIpc) is 2.85. The Kier molecular flexibility index (Phi) is 8.08. The smallest absolute Gasteiger partial charge is 0.292 e. The second-order valence-electron chi connectivity index (χ2n) is 7.18. The summed E-state index contributed by atoms with van der Waals surface area (Å²) < 4.78 is 39.6. The van der Waals surface area contributed by atoms with Gasteiger partial charge in [-0.25, -0.2) is 8.42 Å². The third-order valence-corrected chi connectivity index (χ3v) is 6.17. The van der Waals surface area contributed by atoms with E-state index in [1.54, 1.807) is 13.8 Å². The predicted molar refractivity (Wildman–Crippen MR) is 132 cm³/mol. The van der Waals surface area contributed by atoms with E-state index >= 15 is 0 Å². The highest BCUT2D eigenvalue weighted by atomic mass is 32.2. The van der Waals surface area contributed by atoms with E-state index in [9.17, 15) is 28.6 Å².